The molecule has 1 atom stereocenters. The standard InChI is InChI=1S/C19H25N3O2/c1-14-17(11-21(2)20-14)13-22-9-5-7-16(12-22)19(23)15-6-4-8-18(10-15)24-3/h4,6,8,10-11,16H,5,7,9,12-13H2,1-3H3/t16-/m1/s1. The molecule has 128 valence electrons. The van der Waals surface area contributed by atoms with Gasteiger partial charge in [-0.2, -0.15) is 5.10 Å². The number of hydrogen-bond donors (Lipinski definition) is 0. The molecule has 1 saturated heterocycles. The first-order valence-electron chi connectivity index (χ1n) is 8.46. The highest BCUT2D eigenvalue weighted by Crippen LogP contribution is 2.24. The van der Waals surface area contributed by atoms with Crippen molar-refractivity contribution in [1.82, 2.24) is 14.7 Å². The van der Waals surface area contributed by atoms with Crippen molar-refractivity contribution in [3.05, 3.63) is 47.3 Å². The summed E-state index contributed by atoms with van der Waals surface area (Å²) in [4.78, 5) is 15.2. The van der Waals surface area contributed by atoms with Gasteiger partial charge in [0.2, 0.25) is 0 Å². The topological polar surface area (TPSA) is 47.4 Å². The smallest absolute Gasteiger partial charge is 0.167 e. The minimum atomic E-state index is 0.0582. The van der Waals surface area contributed by atoms with E-state index in [0.717, 1.165) is 49.5 Å². The molecule has 1 aromatic heterocycles. The number of carbonyl (C=O) groups excluding carboxylic acids is 1. The number of nitrogens with zero attached hydrogens (tertiary/aromatic N) is 3. The molecule has 24 heavy (non-hydrogen) atoms. The Morgan fingerprint density at radius 3 is 2.96 bits per heavy atom. The number of ether oxygens (including phenoxy) is 1. The van der Waals surface area contributed by atoms with Crippen LogP contribution in [0.4, 0.5) is 0 Å². The number of carbonyl (C=O) groups is 1. The van der Waals surface area contributed by atoms with Gasteiger partial charge in [-0.3, -0.25) is 14.4 Å². The summed E-state index contributed by atoms with van der Waals surface area (Å²) in [7, 11) is 3.57. The maximum Gasteiger partial charge on any atom is 0.167 e. The van der Waals surface area contributed by atoms with Gasteiger partial charge in [-0.05, 0) is 38.4 Å². The van der Waals surface area contributed by atoms with E-state index in [1.807, 2.05) is 42.9 Å². The van der Waals surface area contributed by atoms with Gasteiger partial charge in [0.15, 0.2) is 5.78 Å². The van der Waals surface area contributed by atoms with Gasteiger partial charge in [-0.15, -0.1) is 0 Å². The Bertz CT molecular complexity index is 723. The molecular formula is C19H25N3O2. The maximum absolute atomic E-state index is 12.8. The quantitative estimate of drug-likeness (QED) is 0.792. The van der Waals surface area contributed by atoms with Gasteiger partial charge in [0.25, 0.3) is 0 Å². The van der Waals surface area contributed by atoms with Crippen LogP contribution in [0.1, 0.15) is 34.5 Å². The van der Waals surface area contributed by atoms with Crippen LogP contribution in [0.2, 0.25) is 0 Å². The number of hydrogen-bond acceptors (Lipinski definition) is 4. The highest BCUT2D eigenvalue weighted by atomic mass is 16.5. The lowest BCUT2D eigenvalue weighted by Crippen LogP contribution is -2.38. The average molecular weight is 327 g/mol. The Morgan fingerprint density at radius 1 is 1.42 bits per heavy atom. The summed E-state index contributed by atoms with van der Waals surface area (Å²) in [5, 5.41) is 4.41. The van der Waals surface area contributed by atoms with E-state index >= 15 is 0 Å². The maximum atomic E-state index is 12.8. The summed E-state index contributed by atoms with van der Waals surface area (Å²) in [5.74, 6) is 1.02. The van der Waals surface area contributed by atoms with Gasteiger partial charge < -0.3 is 4.74 Å². The van der Waals surface area contributed by atoms with E-state index in [-0.39, 0.29) is 11.7 Å². The van der Waals surface area contributed by atoms with E-state index in [9.17, 15) is 4.79 Å². The zero-order valence-corrected chi connectivity index (χ0v) is 14.7. The molecule has 0 radical (unpaired) electrons. The lowest BCUT2D eigenvalue weighted by atomic mass is 9.89. The summed E-state index contributed by atoms with van der Waals surface area (Å²) in [5.41, 5.74) is 3.06. The zero-order chi connectivity index (χ0) is 17.1. The summed E-state index contributed by atoms with van der Waals surface area (Å²) in [6, 6.07) is 7.47. The van der Waals surface area contributed by atoms with E-state index in [0.29, 0.717) is 0 Å². The van der Waals surface area contributed by atoms with Crippen LogP contribution in [0.5, 0.6) is 5.75 Å². The van der Waals surface area contributed by atoms with Gasteiger partial charge in [-0.1, -0.05) is 12.1 Å². The number of methoxy groups -OCH3 is 1. The van der Waals surface area contributed by atoms with Crippen molar-refractivity contribution < 1.29 is 9.53 Å². The highest BCUT2D eigenvalue weighted by Gasteiger charge is 2.27. The molecule has 1 aliphatic heterocycles. The van der Waals surface area contributed by atoms with Crippen molar-refractivity contribution in [2.45, 2.75) is 26.3 Å². The van der Waals surface area contributed by atoms with E-state index in [2.05, 4.69) is 16.2 Å². The molecule has 0 amide bonds. The Kier molecular flexibility index (Phi) is 5.00. The van der Waals surface area contributed by atoms with Gasteiger partial charge in [0, 0.05) is 43.4 Å². The SMILES string of the molecule is COc1cccc(C(=O)[C@@H]2CCCN(Cc3cn(C)nc3C)C2)c1. The second kappa shape index (κ2) is 7.18. The molecule has 0 unspecified atom stereocenters. The average Bonchev–Trinajstić information content (AvgIpc) is 2.91. The van der Waals surface area contributed by atoms with Gasteiger partial charge in [-0.25, -0.2) is 0 Å². The molecule has 1 fully saturated rings. The number of aromatic nitrogens is 2. The van der Waals surface area contributed by atoms with Crippen molar-refractivity contribution in [2.24, 2.45) is 13.0 Å². The van der Waals surface area contributed by atoms with E-state index < -0.39 is 0 Å². The molecule has 0 aliphatic carbocycles. The molecule has 0 spiro atoms. The minimum Gasteiger partial charge on any atom is -0.497 e. The van der Waals surface area contributed by atoms with Crippen LogP contribution in [0.15, 0.2) is 30.5 Å². The summed E-state index contributed by atoms with van der Waals surface area (Å²) < 4.78 is 7.09. The molecule has 2 aromatic rings. The van der Waals surface area contributed by atoms with Crippen LogP contribution < -0.4 is 4.74 Å². The third-order valence-electron chi connectivity index (χ3n) is 4.74. The molecule has 2 heterocycles. The van der Waals surface area contributed by atoms with Crippen molar-refractivity contribution in [2.75, 3.05) is 20.2 Å². The van der Waals surface area contributed by atoms with Gasteiger partial charge >= 0.3 is 0 Å². The Hall–Kier alpha value is -2.14. The molecule has 5 heteroatoms. The van der Waals surface area contributed by atoms with Crippen LogP contribution in [-0.4, -0.2) is 40.7 Å². The predicted octanol–water partition coefficient (Wildman–Crippen LogP) is 2.83. The van der Waals surface area contributed by atoms with Crippen LogP contribution in [0.25, 0.3) is 0 Å². The fourth-order valence-corrected chi connectivity index (χ4v) is 3.47. The normalized spacial score (nSPS) is 18.5. The van der Waals surface area contributed by atoms with E-state index in [1.165, 1.54) is 5.56 Å². The van der Waals surface area contributed by atoms with Crippen LogP contribution in [0.3, 0.4) is 0 Å². The summed E-state index contributed by atoms with van der Waals surface area (Å²) in [6.07, 6.45) is 4.08. The van der Waals surface area contributed by atoms with E-state index in [1.54, 1.807) is 7.11 Å². The largest absolute Gasteiger partial charge is 0.497 e. The second-order valence-corrected chi connectivity index (χ2v) is 6.58. The highest BCUT2D eigenvalue weighted by molar-refractivity contribution is 5.98. The van der Waals surface area contributed by atoms with Crippen LogP contribution in [0, 0.1) is 12.8 Å². The predicted molar refractivity (Wildman–Crippen MR) is 93.3 cm³/mol. The van der Waals surface area contributed by atoms with Crippen molar-refractivity contribution >= 4 is 5.78 Å². The summed E-state index contributed by atoms with van der Waals surface area (Å²) >= 11 is 0. The number of benzene rings is 1. The molecule has 1 aromatic carbocycles. The molecule has 5 nitrogen and oxygen atoms in total. The summed E-state index contributed by atoms with van der Waals surface area (Å²) in [6.45, 7) is 4.75. The minimum absolute atomic E-state index is 0.0582. The first kappa shape index (κ1) is 16.7. The molecule has 3 rings (SSSR count). The molecule has 0 N–H and O–H groups in total. The number of piperidine rings is 1. The van der Waals surface area contributed by atoms with Crippen molar-refractivity contribution in [3.63, 3.8) is 0 Å². The number of rotatable bonds is 5. The van der Waals surface area contributed by atoms with Crippen LogP contribution >= 0.6 is 0 Å². The molecular weight excluding hydrogens is 302 g/mol. The third-order valence-corrected chi connectivity index (χ3v) is 4.74. The fourth-order valence-electron chi connectivity index (χ4n) is 3.47. The zero-order valence-electron chi connectivity index (χ0n) is 14.7. The fraction of sp³-hybridized carbons (Fsp3) is 0.474. The van der Waals surface area contributed by atoms with Crippen LogP contribution in [-0.2, 0) is 13.6 Å². The number of likely N-dealkylation sites (tertiary alicyclic amines) is 1. The number of aryl methyl sites for hydroxylation is 2. The Labute approximate surface area is 143 Å². The Morgan fingerprint density at radius 2 is 2.25 bits per heavy atom. The van der Waals surface area contributed by atoms with Gasteiger partial charge in [0.05, 0.1) is 12.8 Å². The lowest BCUT2D eigenvalue weighted by molar-refractivity contribution is 0.0811. The first-order chi connectivity index (χ1) is 11.6. The first-order valence-corrected chi connectivity index (χ1v) is 8.46. The second-order valence-electron chi connectivity index (χ2n) is 6.58. The van der Waals surface area contributed by atoms with Crippen molar-refractivity contribution in [1.29, 1.82) is 0 Å². The monoisotopic (exact) mass is 327 g/mol. The van der Waals surface area contributed by atoms with Crippen molar-refractivity contribution in [3.8, 4) is 5.75 Å². The molecule has 0 saturated carbocycles. The molecule has 0 bridgehead atoms. The lowest BCUT2D eigenvalue weighted by Gasteiger charge is -2.31. The van der Waals surface area contributed by atoms with Gasteiger partial charge in [0.1, 0.15) is 5.75 Å². The number of Topliss-reactive ketones (excluding diaryl/α,β-unsaturated/α-hetero) is 1. The number of ketones is 1. The van der Waals surface area contributed by atoms with E-state index in [4.69, 9.17) is 4.74 Å². The molecule has 1 aliphatic rings. The Balaban J connectivity index is 1.68. The third kappa shape index (κ3) is 3.67.